The van der Waals surface area contributed by atoms with E-state index in [2.05, 4.69) is 24.8 Å². The van der Waals surface area contributed by atoms with Gasteiger partial charge in [-0.1, -0.05) is 18.3 Å². The number of hydrogen-bond acceptors (Lipinski definition) is 2. The summed E-state index contributed by atoms with van der Waals surface area (Å²) >= 11 is 0. The van der Waals surface area contributed by atoms with Crippen molar-refractivity contribution in [1.29, 1.82) is 0 Å². The van der Waals surface area contributed by atoms with Gasteiger partial charge < -0.3 is 10.5 Å². The standard InChI is InChI=1S/C15H19NO/c1-12-10-13(6-3-9-16)7-8-15(12)17-11-14-4-2-5-14/h7-8,10,14H,2,4-5,9,11,16H2,1H3. The molecule has 0 atom stereocenters. The van der Waals surface area contributed by atoms with Crippen molar-refractivity contribution in [2.45, 2.75) is 26.2 Å². The van der Waals surface area contributed by atoms with Gasteiger partial charge in [0, 0.05) is 5.56 Å². The average Bonchev–Trinajstić information content (AvgIpc) is 2.27. The monoisotopic (exact) mass is 229 g/mol. The molecule has 17 heavy (non-hydrogen) atoms. The highest BCUT2D eigenvalue weighted by Crippen LogP contribution is 2.28. The molecule has 0 unspecified atom stereocenters. The number of nitrogens with two attached hydrogens (primary N) is 1. The lowest BCUT2D eigenvalue weighted by Gasteiger charge is -2.25. The van der Waals surface area contributed by atoms with Crippen molar-refractivity contribution in [2.24, 2.45) is 11.7 Å². The van der Waals surface area contributed by atoms with Gasteiger partial charge in [0.1, 0.15) is 5.75 Å². The lowest BCUT2D eigenvalue weighted by atomic mass is 9.86. The lowest BCUT2D eigenvalue weighted by Crippen LogP contribution is -2.19. The number of benzene rings is 1. The van der Waals surface area contributed by atoms with E-state index < -0.39 is 0 Å². The summed E-state index contributed by atoms with van der Waals surface area (Å²) < 4.78 is 5.83. The second-order valence-corrected chi connectivity index (χ2v) is 4.59. The third-order valence-corrected chi connectivity index (χ3v) is 3.21. The maximum atomic E-state index is 5.83. The van der Waals surface area contributed by atoms with E-state index in [0.717, 1.165) is 29.4 Å². The Morgan fingerprint density at radius 3 is 2.82 bits per heavy atom. The van der Waals surface area contributed by atoms with Gasteiger partial charge in [0.15, 0.2) is 0 Å². The molecule has 0 radical (unpaired) electrons. The summed E-state index contributed by atoms with van der Waals surface area (Å²) in [5, 5.41) is 0. The van der Waals surface area contributed by atoms with Crippen LogP contribution in [0.2, 0.25) is 0 Å². The van der Waals surface area contributed by atoms with Crippen LogP contribution in [0.1, 0.15) is 30.4 Å². The summed E-state index contributed by atoms with van der Waals surface area (Å²) in [5.41, 5.74) is 7.50. The van der Waals surface area contributed by atoms with E-state index in [-0.39, 0.29) is 0 Å². The number of ether oxygens (including phenoxy) is 1. The Hall–Kier alpha value is -1.46. The predicted octanol–water partition coefficient (Wildman–Crippen LogP) is 2.48. The van der Waals surface area contributed by atoms with E-state index in [4.69, 9.17) is 10.5 Å². The molecule has 1 aliphatic carbocycles. The highest BCUT2D eigenvalue weighted by molar-refractivity contribution is 5.43. The second kappa shape index (κ2) is 5.75. The quantitative estimate of drug-likeness (QED) is 0.808. The van der Waals surface area contributed by atoms with Crippen molar-refractivity contribution in [1.82, 2.24) is 0 Å². The number of hydrogen-bond donors (Lipinski definition) is 1. The zero-order chi connectivity index (χ0) is 12.1. The molecule has 0 spiro atoms. The number of aryl methyl sites for hydroxylation is 1. The topological polar surface area (TPSA) is 35.2 Å². The third-order valence-electron chi connectivity index (χ3n) is 3.21. The fraction of sp³-hybridized carbons (Fsp3) is 0.467. The van der Waals surface area contributed by atoms with Gasteiger partial charge in [0.2, 0.25) is 0 Å². The molecule has 0 aromatic heterocycles. The normalized spacial score (nSPS) is 14.7. The van der Waals surface area contributed by atoms with Gasteiger partial charge in [-0.3, -0.25) is 0 Å². The second-order valence-electron chi connectivity index (χ2n) is 4.59. The Labute approximate surface area is 103 Å². The first-order chi connectivity index (χ1) is 8.29. The summed E-state index contributed by atoms with van der Waals surface area (Å²) in [7, 11) is 0. The molecule has 1 aliphatic rings. The third kappa shape index (κ3) is 3.25. The molecule has 2 rings (SSSR count). The van der Waals surface area contributed by atoms with Crippen molar-refractivity contribution in [3.63, 3.8) is 0 Å². The van der Waals surface area contributed by atoms with Crippen LogP contribution in [0.3, 0.4) is 0 Å². The van der Waals surface area contributed by atoms with Crippen molar-refractivity contribution in [2.75, 3.05) is 13.2 Å². The maximum Gasteiger partial charge on any atom is 0.122 e. The summed E-state index contributed by atoms with van der Waals surface area (Å²) in [6, 6.07) is 6.05. The van der Waals surface area contributed by atoms with E-state index in [0.29, 0.717) is 6.54 Å². The Kier molecular flexibility index (Phi) is 4.06. The largest absolute Gasteiger partial charge is 0.493 e. The molecule has 1 aromatic rings. The average molecular weight is 229 g/mol. The van der Waals surface area contributed by atoms with E-state index in [1.165, 1.54) is 19.3 Å². The Balaban J connectivity index is 1.97. The zero-order valence-corrected chi connectivity index (χ0v) is 10.3. The van der Waals surface area contributed by atoms with Crippen LogP contribution in [-0.2, 0) is 0 Å². The summed E-state index contributed by atoms with van der Waals surface area (Å²) in [6.45, 7) is 3.32. The van der Waals surface area contributed by atoms with Gasteiger partial charge in [-0.2, -0.15) is 0 Å². The summed E-state index contributed by atoms with van der Waals surface area (Å²) in [4.78, 5) is 0. The van der Waals surface area contributed by atoms with Crippen LogP contribution < -0.4 is 10.5 Å². The van der Waals surface area contributed by atoms with Gasteiger partial charge in [-0.25, -0.2) is 0 Å². The van der Waals surface area contributed by atoms with Crippen molar-refractivity contribution in [3.8, 4) is 17.6 Å². The predicted molar refractivity (Wildman–Crippen MR) is 69.9 cm³/mol. The molecule has 0 amide bonds. The summed E-state index contributed by atoms with van der Waals surface area (Å²) in [5.74, 6) is 7.64. The first-order valence-corrected chi connectivity index (χ1v) is 6.22. The Bertz CT molecular complexity index is 438. The van der Waals surface area contributed by atoms with Gasteiger partial charge in [-0.05, 0) is 49.4 Å². The maximum absolute atomic E-state index is 5.83. The highest BCUT2D eigenvalue weighted by Gasteiger charge is 2.18. The van der Waals surface area contributed by atoms with Crippen LogP contribution in [0, 0.1) is 24.7 Å². The molecule has 1 aromatic carbocycles. The molecule has 0 saturated heterocycles. The smallest absolute Gasteiger partial charge is 0.122 e. The molecule has 90 valence electrons. The molecule has 2 N–H and O–H groups in total. The fourth-order valence-corrected chi connectivity index (χ4v) is 1.91. The van der Waals surface area contributed by atoms with Crippen molar-refractivity contribution in [3.05, 3.63) is 29.3 Å². The van der Waals surface area contributed by atoms with Crippen LogP contribution in [-0.4, -0.2) is 13.2 Å². The van der Waals surface area contributed by atoms with Crippen molar-refractivity contribution >= 4 is 0 Å². The van der Waals surface area contributed by atoms with Crippen LogP contribution in [0.4, 0.5) is 0 Å². The van der Waals surface area contributed by atoms with E-state index in [9.17, 15) is 0 Å². The van der Waals surface area contributed by atoms with Crippen LogP contribution in [0.5, 0.6) is 5.75 Å². The number of rotatable bonds is 3. The van der Waals surface area contributed by atoms with Gasteiger partial charge in [-0.15, -0.1) is 0 Å². The molecule has 1 fully saturated rings. The minimum Gasteiger partial charge on any atom is -0.493 e. The molecule has 1 saturated carbocycles. The molecule has 0 heterocycles. The molecular weight excluding hydrogens is 210 g/mol. The van der Waals surface area contributed by atoms with E-state index in [1.807, 2.05) is 12.1 Å². The Morgan fingerprint density at radius 2 is 2.24 bits per heavy atom. The van der Waals surface area contributed by atoms with E-state index in [1.54, 1.807) is 0 Å². The molecule has 2 heteroatoms. The molecule has 0 bridgehead atoms. The Morgan fingerprint density at radius 1 is 1.41 bits per heavy atom. The van der Waals surface area contributed by atoms with Gasteiger partial charge in [0.25, 0.3) is 0 Å². The van der Waals surface area contributed by atoms with Crippen molar-refractivity contribution < 1.29 is 4.74 Å². The minimum atomic E-state index is 0.402. The van der Waals surface area contributed by atoms with Gasteiger partial charge >= 0.3 is 0 Å². The summed E-state index contributed by atoms with van der Waals surface area (Å²) in [6.07, 6.45) is 4.00. The first-order valence-electron chi connectivity index (χ1n) is 6.22. The van der Waals surface area contributed by atoms with Crippen LogP contribution in [0.25, 0.3) is 0 Å². The molecule has 0 aliphatic heterocycles. The van der Waals surface area contributed by atoms with Gasteiger partial charge in [0.05, 0.1) is 13.2 Å². The first kappa shape index (κ1) is 12.0. The fourth-order valence-electron chi connectivity index (χ4n) is 1.91. The zero-order valence-electron chi connectivity index (χ0n) is 10.3. The SMILES string of the molecule is Cc1cc(C#CCN)ccc1OCC1CCC1. The van der Waals surface area contributed by atoms with Crippen LogP contribution in [0.15, 0.2) is 18.2 Å². The van der Waals surface area contributed by atoms with Crippen LogP contribution >= 0.6 is 0 Å². The highest BCUT2D eigenvalue weighted by atomic mass is 16.5. The molecular formula is C15H19NO. The lowest BCUT2D eigenvalue weighted by molar-refractivity contribution is 0.180. The molecule has 2 nitrogen and oxygen atoms in total. The minimum absolute atomic E-state index is 0.402. The van der Waals surface area contributed by atoms with E-state index >= 15 is 0 Å².